The van der Waals surface area contributed by atoms with E-state index in [4.69, 9.17) is 0 Å². The lowest BCUT2D eigenvalue weighted by Gasteiger charge is -2.35. The topological polar surface area (TPSA) is 89.3 Å². The Morgan fingerprint density at radius 1 is 1.63 bits per heavy atom. The monoisotopic (exact) mass is 278 g/mol. The highest BCUT2D eigenvalue weighted by atomic mass is 19.4. The first kappa shape index (κ1) is 13.3. The van der Waals surface area contributed by atoms with Gasteiger partial charge in [-0.3, -0.25) is 4.57 Å². The van der Waals surface area contributed by atoms with E-state index in [1.54, 1.807) is 0 Å². The Morgan fingerprint density at radius 3 is 2.89 bits per heavy atom. The van der Waals surface area contributed by atoms with Gasteiger partial charge in [-0.2, -0.15) is 13.2 Å². The van der Waals surface area contributed by atoms with E-state index in [1.165, 1.54) is 6.92 Å². The number of ether oxygens (including phenoxy) is 1. The molecule has 1 aliphatic heterocycles. The van der Waals surface area contributed by atoms with Crippen molar-refractivity contribution in [3.8, 4) is 0 Å². The van der Waals surface area contributed by atoms with Crippen LogP contribution >= 0.6 is 0 Å². The third-order valence-corrected chi connectivity index (χ3v) is 2.51. The van der Waals surface area contributed by atoms with Crippen molar-refractivity contribution >= 4 is 11.9 Å². The summed E-state index contributed by atoms with van der Waals surface area (Å²) in [7, 11) is 0. The van der Waals surface area contributed by atoms with Crippen LogP contribution in [0.15, 0.2) is 18.1 Å². The number of halogens is 3. The number of fused-ring (bicyclic) bond motifs is 1. The molecule has 0 saturated carbocycles. The van der Waals surface area contributed by atoms with Crippen molar-refractivity contribution in [1.82, 2.24) is 14.8 Å². The van der Waals surface area contributed by atoms with Crippen molar-refractivity contribution in [3.63, 3.8) is 0 Å². The smallest absolute Gasteiger partial charge is 0.442 e. The maximum atomic E-state index is 13.1. The van der Waals surface area contributed by atoms with Crippen LogP contribution < -0.4 is 5.32 Å². The minimum Gasteiger partial charge on any atom is -0.462 e. The molecule has 2 rings (SSSR count). The van der Waals surface area contributed by atoms with Crippen molar-refractivity contribution < 1.29 is 27.8 Å². The SMILES string of the molecule is CCOC(=O)C1=CNc2nncn2[C@]1(O)C(F)(F)F. The number of aromatic nitrogens is 3. The van der Waals surface area contributed by atoms with Gasteiger partial charge in [0.15, 0.2) is 0 Å². The van der Waals surface area contributed by atoms with Gasteiger partial charge in [-0.25, -0.2) is 4.79 Å². The zero-order chi connectivity index (χ0) is 14.3. The second-order valence-corrected chi connectivity index (χ2v) is 3.62. The number of nitrogens with one attached hydrogen (secondary N) is 1. The summed E-state index contributed by atoms with van der Waals surface area (Å²) in [5.74, 6) is -1.62. The third-order valence-electron chi connectivity index (χ3n) is 2.51. The first-order valence-electron chi connectivity index (χ1n) is 5.16. The van der Waals surface area contributed by atoms with Gasteiger partial charge in [-0.05, 0) is 6.92 Å². The predicted molar refractivity (Wildman–Crippen MR) is 54.6 cm³/mol. The van der Waals surface area contributed by atoms with E-state index in [9.17, 15) is 23.1 Å². The maximum absolute atomic E-state index is 13.1. The number of aliphatic hydroxyl groups is 1. The molecule has 0 fully saturated rings. The number of carbonyl (C=O) groups excluding carboxylic acids is 1. The second-order valence-electron chi connectivity index (χ2n) is 3.62. The van der Waals surface area contributed by atoms with Gasteiger partial charge in [0.1, 0.15) is 11.9 Å². The maximum Gasteiger partial charge on any atom is 0.442 e. The Balaban J connectivity index is 2.56. The van der Waals surface area contributed by atoms with E-state index in [-0.39, 0.29) is 12.6 Å². The first-order valence-corrected chi connectivity index (χ1v) is 5.16. The standard InChI is InChI=1S/C9H9F3N4O3/c1-2-19-6(17)5-3-13-7-15-14-4-16(7)8(5,18)9(10,11)12/h3-4,18H,2H2,1H3,(H,13,15)/t8-/m1/s1. The molecule has 0 aliphatic carbocycles. The molecule has 0 spiro atoms. The molecule has 1 aromatic rings. The fourth-order valence-electron chi connectivity index (χ4n) is 1.64. The second kappa shape index (κ2) is 4.23. The highest BCUT2D eigenvalue weighted by Gasteiger charge is 2.62. The van der Waals surface area contributed by atoms with Crippen LogP contribution in [0.1, 0.15) is 6.92 Å². The van der Waals surface area contributed by atoms with E-state index in [0.29, 0.717) is 17.1 Å². The summed E-state index contributed by atoms with van der Waals surface area (Å²) in [4.78, 5) is 11.5. The zero-order valence-electron chi connectivity index (χ0n) is 9.60. The lowest BCUT2D eigenvalue weighted by molar-refractivity contribution is -0.281. The van der Waals surface area contributed by atoms with Crippen molar-refractivity contribution in [2.45, 2.75) is 18.8 Å². The van der Waals surface area contributed by atoms with Gasteiger partial charge in [0.05, 0.1) is 6.61 Å². The molecule has 10 heteroatoms. The zero-order valence-corrected chi connectivity index (χ0v) is 9.60. The van der Waals surface area contributed by atoms with Crippen LogP contribution in [0, 0.1) is 0 Å². The first-order chi connectivity index (χ1) is 8.82. The summed E-state index contributed by atoms with van der Waals surface area (Å²) >= 11 is 0. The molecule has 1 aromatic heterocycles. The number of alkyl halides is 3. The lowest BCUT2D eigenvalue weighted by Crippen LogP contribution is -2.53. The Hall–Kier alpha value is -2.10. The van der Waals surface area contributed by atoms with E-state index >= 15 is 0 Å². The quantitative estimate of drug-likeness (QED) is 0.759. The normalized spacial score (nSPS) is 22.3. The third kappa shape index (κ3) is 1.84. The number of hydrogen-bond acceptors (Lipinski definition) is 6. The summed E-state index contributed by atoms with van der Waals surface area (Å²) in [6.45, 7) is 1.31. The van der Waals surface area contributed by atoms with Crippen LogP contribution in [0.5, 0.6) is 0 Å². The van der Waals surface area contributed by atoms with Gasteiger partial charge in [-0.1, -0.05) is 0 Å². The van der Waals surface area contributed by atoms with E-state index in [1.807, 2.05) is 0 Å². The Labute approximate surface area is 104 Å². The van der Waals surface area contributed by atoms with Crippen LogP contribution in [-0.2, 0) is 15.3 Å². The molecular formula is C9H9F3N4O3. The molecule has 0 unspecified atom stereocenters. The molecule has 1 atom stereocenters. The minimum absolute atomic E-state index is 0.126. The average molecular weight is 278 g/mol. The molecule has 19 heavy (non-hydrogen) atoms. The number of nitrogens with zero attached hydrogens (tertiary/aromatic N) is 3. The number of anilines is 1. The van der Waals surface area contributed by atoms with Crippen LogP contribution in [0.2, 0.25) is 0 Å². The number of carbonyl (C=O) groups is 1. The number of esters is 1. The largest absolute Gasteiger partial charge is 0.462 e. The fraction of sp³-hybridized carbons (Fsp3) is 0.444. The summed E-state index contributed by atoms with van der Waals surface area (Å²) in [6.07, 6.45) is -3.78. The Bertz CT molecular complexity index is 539. The number of rotatable bonds is 2. The summed E-state index contributed by atoms with van der Waals surface area (Å²) in [5, 5.41) is 18.9. The van der Waals surface area contributed by atoms with Gasteiger partial charge in [0.2, 0.25) is 5.95 Å². The summed E-state index contributed by atoms with van der Waals surface area (Å²) in [5.41, 5.74) is -4.56. The molecule has 1 aliphatic rings. The van der Waals surface area contributed by atoms with Crippen LogP contribution in [-0.4, -0.2) is 38.6 Å². The summed E-state index contributed by atoms with van der Waals surface area (Å²) in [6, 6.07) is 0. The van der Waals surface area contributed by atoms with Crippen LogP contribution in [0.3, 0.4) is 0 Å². The summed E-state index contributed by atoms with van der Waals surface area (Å²) < 4.78 is 44.2. The average Bonchev–Trinajstić information content (AvgIpc) is 2.77. The molecule has 104 valence electrons. The molecule has 0 saturated heterocycles. The highest BCUT2D eigenvalue weighted by molar-refractivity contribution is 5.91. The molecule has 2 heterocycles. The van der Waals surface area contributed by atoms with Gasteiger partial charge < -0.3 is 15.2 Å². The van der Waals surface area contributed by atoms with Gasteiger partial charge in [0.25, 0.3) is 5.72 Å². The van der Waals surface area contributed by atoms with Gasteiger partial charge in [0, 0.05) is 6.20 Å². The number of hydrogen-bond donors (Lipinski definition) is 2. The fourth-order valence-corrected chi connectivity index (χ4v) is 1.64. The minimum atomic E-state index is -5.15. The van der Waals surface area contributed by atoms with E-state index < -0.39 is 23.4 Å². The van der Waals surface area contributed by atoms with Gasteiger partial charge >= 0.3 is 12.1 Å². The Kier molecular flexibility index (Phi) is 2.97. The molecule has 7 nitrogen and oxygen atoms in total. The van der Waals surface area contributed by atoms with Crippen molar-refractivity contribution in [3.05, 3.63) is 18.1 Å². The molecule has 0 radical (unpaired) electrons. The van der Waals surface area contributed by atoms with Gasteiger partial charge in [-0.15, -0.1) is 10.2 Å². The molecule has 0 bridgehead atoms. The van der Waals surface area contributed by atoms with E-state index in [0.717, 1.165) is 0 Å². The van der Waals surface area contributed by atoms with Crippen molar-refractivity contribution in [2.75, 3.05) is 11.9 Å². The van der Waals surface area contributed by atoms with Crippen LogP contribution in [0.25, 0.3) is 0 Å². The molecule has 2 N–H and O–H groups in total. The molecule has 0 aromatic carbocycles. The molecular weight excluding hydrogens is 269 g/mol. The van der Waals surface area contributed by atoms with Crippen LogP contribution in [0.4, 0.5) is 19.1 Å². The van der Waals surface area contributed by atoms with Crippen molar-refractivity contribution in [2.24, 2.45) is 0 Å². The van der Waals surface area contributed by atoms with Crippen molar-refractivity contribution in [1.29, 1.82) is 0 Å². The lowest BCUT2D eigenvalue weighted by atomic mass is 10.0. The van der Waals surface area contributed by atoms with E-state index in [2.05, 4.69) is 20.3 Å². The highest BCUT2D eigenvalue weighted by Crippen LogP contribution is 2.43. The Morgan fingerprint density at radius 2 is 2.32 bits per heavy atom. The molecule has 0 amide bonds. The predicted octanol–water partition coefficient (Wildman–Crippen LogP) is 0.358.